The molecule has 0 aliphatic carbocycles. The lowest BCUT2D eigenvalue weighted by Crippen LogP contribution is -2.37. The molecule has 0 aliphatic heterocycles. The van der Waals surface area contributed by atoms with Crippen LogP contribution in [-0.4, -0.2) is 18.0 Å². The molecule has 1 atom stereocenters. The number of halogens is 1. The second-order valence-corrected chi connectivity index (χ2v) is 5.09. The highest BCUT2D eigenvalue weighted by atomic mass is 35.5. The van der Waals surface area contributed by atoms with Crippen molar-refractivity contribution in [2.45, 2.75) is 19.9 Å². The van der Waals surface area contributed by atoms with E-state index in [4.69, 9.17) is 17.3 Å². The first-order valence-electron chi connectivity index (χ1n) is 5.49. The van der Waals surface area contributed by atoms with E-state index in [0.717, 1.165) is 0 Å². The normalized spacial score (nSPS) is 12.9. The molecule has 0 bridgehead atoms. The lowest BCUT2D eigenvalue weighted by atomic mass is 9.80. The summed E-state index contributed by atoms with van der Waals surface area (Å²) in [5.41, 5.74) is 4.92. The Labute approximate surface area is 115 Å². The largest absolute Gasteiger partial charge is 0.469 e. The molecule has 0 saturated carbocycles. The molecule has 0 saturated heterocycles. The molecule has 0 aromatic heterocycles. The third-order valence-corrected chi connectivity index (χ3v) is 3.25. The van der Waals surface area contributed by atoms with Crippen molar-refractivity contribution in [3.63, 3.8) is 0 Å². The first kappa shape index (κ1) is 15.4. The van der Waals surface area contributed by atoms with E-state index >= 15 is 0 Å². The van der Waals surface area contributed by atoms with Gasteiger partial charge in [0.15, 0.2) is 0 Å². The van der Waals surface area contributed by atoms with Gasteiger partial charge >= 0.3 is 5.97 Å². The van der Waals surface area contributed by atoms with Gasteiger partial charge in [0.2, 0.25) is 0 Å². The minimum Gasteiger partial charge on any atom is -0.469 e. The summed E-state index contributed by atoms with van der Waals surface area (Å²) in [6, 6.07) is 3.17. The molecular weight excluding hydrogens is 272 g/mol. The average Bonchev–Trinajstić information content (AvgIpc) is 2.36. The zero-order chi connectivity index (χ0) is 14.8. The van der Waals surface area contributed by atoms with Crippen molar-refractivity contribution in [2.75, 3.05) is 7.11 Å². The van der Waals surface area contributed by atoms with Crippen molar-refractivity contribution in [1.29, 1.82) is 0 Å². The maximum atomic E-state index is 11.7. The molecule has 1 aromatic rings. The molecule has 0 aliphatic rings. The highest BCUT2D eigenvalue weighted by molar-refractivity contribution is 6.30. The van der Waals surface area contributed by atoms with Crippen molar-refractivity contribution >= 4 is 23.3 Å². The van der Waals surface area contributed by atoms with Crippen molar-refractivity contribution in [1.82, 2.24) is 0 Å². The van der Waals surface area contributed by atoms with Crippen LogP contribution in [0.25, 0.3) is 0 Å². The number of carbonyl (C=O) groups is 1. The number of ether oxygens (including phenoxy) is 1. The molecule has 7 heteroatoms. The quantitative estimate of drug-likeness (QED) is 0.521. The van der Waals surface area contributed by atoms with Gasteiger partial charge in [-0.2, -0.15) is 0 Å². The van der Waals surface area contributed by atoms with Gasteiger partial charge in [-0.25, -0.2) is 0 Å². The number of esters is 1. The number of nitro groups is 1. The van der Waals surface area contributed by atoms with Gasteiger partial charge in [-0.3, -0.25) is 14.9 Å². The Kier molecular flexibility index (Phi) is 4.49. The van der Waals surface area contributed by atoms with Crippen LogP contribution in [0.15, 0.2) is 18.2 Å². The van der Waals surface area contributed by atoms with Gasteiger partial charge in [0.1, 0.15) is 0 Å². The summed E-state index contributed by atoms with van der Waals surface area (Å²) in [4.78, 5) is 22.1. The summed E-state index contributed by atoms with van der Waals surface area (Å²) >= 11 is 5.83. The van der Waals surface area contributed by atoms with E-state index in [1.54, 1.807) is 13.8 Å². The molecule has 0 unspecified atom stereocenters. The predicted molar refractivity (Wildman–Crippen MR) is 70.8 cm³/mol. The lowest BCUT2D eigenvalue weighted by molar-refractivity contribution is -0.385. The Morgan fingerprint density at radius 2 is 2.11 bits per heavy atom. The van der Waals surface area contributed by atoms with Crippen LogP contribution in [0.2, 0.25) is 5.02 Å². The summed E-state index contributed by atoms with van der Waals surface area (Å²) in [7, 11) is 1.24. The first-order chi connectivity index (χ1) is 8.71. The van der Waals surface area contributed by atoms with E-state index in [0.29, 0.717) is 5.02 Å². The lowest BCUT2D eigenvalue weighted by Gasteiger charge is -2.28. The van der Waals surface area contributed by atoms with Crippen LogP contribution in [0, 0.1) is 15.5 Å². The molecule has 6 nitrogen and oxygen atoms in total. The third kappa shape index (κ3) is 3.02. The van der Waals surface area contributed by atoms with E-state index in [1.165, 1.54) is 25.3 Å². The highest BCUT2D eigenvalue weighted by Gasteiger charge is 2.39. The van der Waals surface area contributed by atoms with Gasteiger partial charge in [-0.05, 0) is 26.0 Å². The molecule has 0 fully saturated rings. The number of nitrogens with zero attached hydrogens (tertiary/aromatic N) is 1. The Balaban J connectivity index is 3.32. The van der Waals surface area contributed by atoms with Crippen LogP contribution < -0.4 is 5.73 Å². The molecule has 1 rings (SSSR count). The van der Waals surface area contributed by atoms with Gasteiger partial charge in [0.25, 0.3) is 5.69 Å². The maximum Gasteiger partial charge on any atom is 0.313 e. The number of rotatable bonds is 4. The highest BCUT2D eigenvalue weighted by Crippen LogP contribution is 2.37. The molecule has 0 radical (unpaired) electrons. The van der Waals surface area contributed by atoms with Crippen molar-refractivity contribution in [3.8, 4) is 0 Å². The van der Waals surface area contributed by atoms with E-state index in [1.807, 2.05) is 0 Å². The molecule has 19 heavy (non-hydrogen) atoms. The summed E-state index contributed by atoms with van der Waals surface area (Å²) in [6.07, 6.45) is 0. The Bertz CT molecular complexity index is 516. The Morgan fingerprint density at radius 1 is 1.53 bits per heavy atom. The van der Waals surface area contributed by atoms with Gasteiger partial charge < -0.3 is 10.5 Å². The van der Waals surface area contributed by atoms with Crippen LogP contribution in [0.1, 0.15) is 25.5 Å². The molecule has 104 valence electrons. The standard InChI is InChI=1S/C12H15ClN2O4/c1-12(2,11(16)19-3)10(14)8-6-7(13)4-5-9(8)15(17)18/h4-6,10H,14H2,1-3H3/t10-/m1/s1. The van der Waals surface area contributed by atoms with Gasteiger partial charge in [0.05, 0.1) is 23.5 Å². The van der Waals surface area contributed by atoms with E-state index in [2.05, 4.69) is 4.74 Å². The Morgan fingerprint density at radius 3 is 2.58 bits per heavy atom. The smallest absolute Gasteiger partial charge is 0.313 e. The van der Waals surface area contributed by atoms with Gasteiger partial charge in [0, 0.05) is 16.7 Å². The minimum atomic E-state index is -1.11. The van der Waals surface area contributed by atoms with Crippen molar-refractivity contribution in [3.05, 3.63) is 38.9 Å². The maximum absolute atomic E-state index is 11.7. The SMILES string of the molecule is COC(=O)C(C)(C)[C@H](N)c1cc(Cl)ccc1[N+](=O)[O-]. The molecule has 0 heterocycles. The molecular formula is C12H15ClN2O4. The number of carbonyl (C=O) groups excluding carboxylic acids is 1. The number of nitrogens with two attached hydrogens (primary N) is 1. The van der Waals surface area contributed by atoms with Crippen LogP contribution >= 0.6 is 11.6 Å². The number of nitro benzene ring substituents is 1. The number of benzene rings is 1. The summed E-state index contributed by atoms with van der Waals surface area (Å²) in [5.74, 6) is -0.547. The van der Waals surface area contributed by atoms with Crippen LogP contribution in [0.5, 0.6) is 0 Å². The summed E-state index contributed by atoms with van der Waals surface area (Å²) < 4.78 is 4.67. The second kappa shape index (κ2) is 5.54. The second-order valence-electron chi connectivity index (χ2n) is 4.65. The van der Waals surface area contributed by atoms with Crippen molar-refractivity contribution in [2.24, 2.45) is 11.1 Å². The number of hydrogen-bond acceptors (Lipinski definition) is 5. The van der Waals surface area contributed by atoms with Crippen LogP contribution in [-0.2, 0) is 9.53 Å². The van der Waals surface area contributed by atoms with Crippen LogP contribution in [0.3, 0.4) is 0 Å². The zero-order valence-corrected chi connectivity index (χ0v) is 11.6. The molecule has 2 N–H and O–H groups in total. The minimum absolute atomic E-state index is 0.172. The van der Waals surface area contributed by atoms with E-state index in [9.17, 15) is 14.9 Å². The zero-order valence-electron chi connectivity index (χ0n) is 10.8. The van der Waals surface area contributed by atoms with Gasteiger partial charge in [-0.15, -0.1) is 0 Å². The number of methoxy groups -OCH3 is 1. The average molecular weight is 287 g/mol. The van der Waals surface area contributed by atoms with Gasteiger partial charge in [-0.1, -0.05) is 11.6 Å². The Hall–Kier alpha value is -1.66. The molecule has 1 aromatic carbocycles. The van der Waals surface area contributed by atoms with Crippen molar-refractivity contribution < 1.29 is 14.5 Å². The monoisotopic (exact) mass is 286 g/mol. The fourth-order valence-corrected chi connectivity index (χ4v) is 1.90. The third-order valence-electron chi connectivity index (χ3n) is 3.01. The van der Waals surface area contributed by atoms with E-state index in [-0.39, 0.29) is 11.3 Å². The first-order valence-corrected chi connectivity index (χ1v) is 5.87. The fraction of sp³-hybridized carbons (Fsp3) is 0.417. The summed E-state index contributed by atoms with van der Waals surface area (Å²) in [5, 5.41) is 11.3. The topological polar surface area (TPSA) is 95.5 Å². The number of hydrogen-bond donors (Lipinski definition) is 1. The summed E-state index contributed by atoms with van der Waals surface area (Å²) in [6.45, 7) is 3.13. The molecule has 0 spiro atoms. The fourth-order valence-electron chi connectivity index (χ4n) is 1.72. The van der Waals surface area contributed by atoms with E-state index < -0.39 is 22.3 Å². The predicted octanol–water partition coefficient (Wildman–Crippen LogP) is 2.45. The molecule has 0 amide bonds. The van der Waals surface area contributed by atoms with Crippen LogP contribution in [0.4, 0.5) is 5.69 Å².